The summed E-state index contributed by atoms with van der Waals surface area (Å²) < 4.78 is 0. The molecule has 1 unspecified atom stereocenters. The molecular formula is C16H23NO. The second-order valence-electron chi connectivity index (χ2n) is 5.74. The second-order valence-corrected chi connectivity index (χ2v) is 5.74. The molecule has 0 bridgehead atoms. The van der Waals surface area contributed by atoms with Crippen LogP contribution in [-0.4, -0.2) is 12.3 Å². The molecule has 0 aliphatic heterocycles. The third-order valence-electron chi connectivity index (χ3n) is 3.87. The van der Waals surface area contributed by atoms with Crippen molar-refractivity contribution in [1.82, 2.24) is 5.32 Å². The monoisotopic (exact) mass is 245 g/mol. The third kappa shape index (κ3) is 2.81. The number of hydrogen-bond acceptors (Lipinski definition) is 2. The molecule has 1 N–H and O–H groups in total. The van der Waals surface area contributed by atoms with Gasteiger partial charge in [-0.05, 0) is 24.8 Å². The molecule has 1 aromatic rings. The van der Waals surface area contributed by atoms with Gasteiger partial charge in [-0.1, -0.05) is 50.6 Å². The molecule has 2 atom stereocenters. The van der Waals surface area contributed by atoms with Crippen LogP contribution < -0.4 is 5.32 Å². The molecule has 1 aliphatic rings. The fraction of sp³-hybridized carbons (Fsp3) is 0.562. The van der Waals surface area contributed by atoms with Crippen molar-refractivity contribution in [2.45, 2.75) is 51.1 Å². The molecule has 2 nitrogen and oxygen atoms in total. The first-order valence-electron chi connectivity index (χ1n) is 6.95. The van der Waals surface area contributed by atoms with Crippen LogP contribution in [0, 0.1) is 5.92 Å². The highest BCUT2D eigenvalue weighted by atomic mass is 16.1. The summed E-state index contributed by atoms with van der Waals surface area (Å²) in [6.07, 6.45) is 5.35. The number of hydrogen-bond donors (Lipinski definition) is 1. The molecule has 0 amide bonds. The van der Waals surface area contributed by atoms with Crippen molar-refractivity contribution in [2.75, 3.05) is 0 Å². The molecule has 0 spiro atoms. The Bertz CT molecular complexity index is 387. The molecule has 0 aromatic heterocycles. The Kier molecular flexibility index (Phi) is 4.18. The van der Waals surface area contributed by atoms with Crippen LogP contribution in [0.1, 0.15) is 45.1 Å². The van der Waals surface area contributed by atoms with Crippen molar-refractivity contribution in [1.29, 1.82) is 0 Å². The summed E-state index contributed by atoms with van der Waals surface area (Å²) in [5.74, 6) is 0.199. The standard InChI is InChI=1S/C16H23NO/c1-13(2)17-16(15-8-4-3-5-9-15)10-6-7-14(11-16)12-18/h3-5,8-9,12-14,17H,6-7,10-11H2,1-2H3/t14?,16-/m0/s1. The normalized spacial score (nSPS) is 28.3. The van der Waals surface area contributed by atoms with Crippen LogP contribution in [0.3, 0.4) is 0 Å². The van der Waals surface area contributed by atoms with Crippen molar-refractivity contribution in [3.05, 3.63) is 35.9 Å². The molecule has 1 aliphatic carbocycles. The van der Waals surface area contributed by atoms with E-state index < -0.39 is 0 Å². The summed E-state index contributed by atoms with van der Waals surface area (Å²) >= 11 is 0. The average molecular weight is 245 g/mol. The van der Waals surface area contributed by atoms with E-state index in [1.165, 1.54) is 5.56 Å². The lowest BCUT2D eigenvalue weighted by molar-refractivity contribution is -0.112. The Morgan fingerprint density at radius 3 is 2.67 bits per heavy atom. The highest BCUT2D eigenvalue weighted by Crippen LogP contribution is 2.39. The maximum absolute atomic E-state index is 11.1. The van der Waals surface area contributed by atoms with Gasteiger partial charge in [-0.3, -0.25) is 0 Å². The lowest BCUT2D eigenvalue weighted by Gasteiger charge is -2.42. The van der Waals surface area contributed by atoms with Gasteiger partial charge < -0.3 is 10.1 Å². The number of benzene rings is 1. The van der Waals surface area contributed by atoms with E-state index in [1.54, 1.807) is 0 Å². The first-order valence-corrected chi connectivity index (χ1v) is 6.95. The molecule has 2 rings (SSSR count). The SMILES string of the molecule is CC(C)N[C@@]1(c2ccccc2)CCCC(C=O)C1. The zero-order valence-electron chi connectivity index (χ0n) is 11.4. The number of carbonyl (C=O) groups is 1. The van der Waals surface area contributed by atoms with Gasteiger partial charge in [0.25, 0.3) is 0 Å². The minimum absolute atomic E-state index is 0.0146. The van der Waals surface area contributed by atoms with Gasteiger partial charge in [-0.2, -0.15) is 0 Å². The number of carbonyl (C=O) groups excluding carboxylic acids is 1. The largest absolute Gasteiger partial charge is 0.305 e. The van der Waals surface area contributed by atoms with E-state index in [2.05, 4.69) is 43.4 Å². The number of aldehydes is 1. The van der Waals surface area contributed by atoms with Crippen LogP contribution in [0.4, 0.5) is 0 Å². The zero-order valence-corrected chi connectivity index (χ0v) is 11.4. The fourth-order valence-electron chi connectivity index (χ4n) is 3.22. The fourth-order valence-corrected chi connectivity index (χ4v) is 3.22. The van der Waals surface area contributed by atoms with Crippen molar-refractivity contribution in [3.63, 3.8) is 0 Å². The molecule has 1 saturated carbocycles. The second kappa shape index (κ2) is 5.66. The van der Waals surface area contributed by atoms with E-state index in [-0.39, 0.29) is 11.5 Å². The quantitative estimate of drug-likeness (QED) is 0.825. The number of rotatable bonds is 4. The molecule has 98 valence electrons. The van der Waals surface area contributed by atoms with E-state index >= 15 is 0 Å². The molecule has 0 radical (unpaired) electrons. The van der Waals surface area contributed by atoms with Gasteiger partial charge in [0, 0.05) is 17.5 Å². The van der Waals surface area contributed by atoms with Gasteiger partial charge in [0.15, 0.2) is 0 Å². The first kappa shape index (κ1) is 13.3. The van der Waals surface area contributed by atoms with E-state index in [9.17, 15) is 4.79 Å². The maximum atomic E-state index is 11.1. The highest BCUT2D eigenvalue weighted by molar-refractivity contribution is 5.54. The van der Waals surface area contributed by atoms with Gasteiger partial charge in [0.05, 0.1) is 0 Å². The van der Waals surface area contributed by atoms with Gasteiger partial charge in [-0.15, -0.1) is 0 Å². The lowest BCUT2D eigenvalue weighted by Crippen LogP contribution is -2.49. The predicted molar refractivity (Wildman–Crippen MR) is 74.4 cm³/mol. The first-order chi connectivity index (χ1) is 8.66. The average Bonchev–Trinajstić information content (AvgIpc) is 2.39. The van der Waals surface area contributed by atoms with Crippen LogP contribution in [0.5, 0.6) is 0 Å². The summed E-state index contributed by atoms with van der Waals surface area (Å²) in [4.78, 5) is 11.1. The van der Waals surface area contributed by atoms with Crippen molar-refractivity contribution in [2.24, 2.45) is 5.92 Å². The molecule has 0 saturated heterocycles. The van der Waals surface area contributed by atoms with Crippen molar-refractivity contribution in [3.8, 4) is 0 Å². The van der Waals surface area contributed by atoms with Crippen LogP contribution in [-0.2, 0) is 10.3 Å². The van der Waals surface area contributed by atoms with Gasteiger partial charge in [0.1, 0.15) is 6.29 Å². The summed E-state index contributed by atoms with van der Waals surface area (Å²) in [6, 6.07) is 11.0. The van der Waals surface area contributed by atoms with Gasteiger partial charge in [0.2, 0.25) is 0 Å². The third-order valence-corrected chi connectivity index (χ3v) is 3.87. The van der Waals surface area contributed by atoms with E-state index in [1.807, 2.05) is 6.07 Å². The molecule has 2 heteroatoms. The predicted octanol–water partition coefficient (Wildman–Crippen LogP) is 3.27. The van der Waals surface area contributed by atoms with Gasteiger partial charge >= 0.3 is 0 Å². The maximum Gasteiger partial charge on any atom is 0.123 e. The summed E-state index contributed by atoms with van der Waals surface area (Å²) in [7, 11) is 0. The Hall–Kier alpha value is -1.15. The Labute approximate surface area is 110 Å². The minimum atomic E-state index is -0.0146. The molecule has 0 heterocycles. The molecule has 1 fully saturated rings. The Morgan fingerprint density at radius 2 is 2.06 bits per heavy atom. The van der Waals surface area contributed by atoms with Crippen LogP contribution >= 0.6 is 0 Å². The van der Waals surface area contributed by atoms with Gasteiger partial charge in [-0.25, -0.2) is 0 Å². The van der Waals surface area contributed by atoms with Crippen molar-refractivity contribution < 1.29 is 4.79 Å². The summed E-state index contributed by atoms with van der Waals surface area (Å²) in [5, 5.41) is 3.72. The van der Waals surface area contributed by atoms with E-state index in [0.29, 0.717) is 6.04 Å². The minimum Gasteiger partial charge on any atom is -0.305 e. The van der Waals surface area contributed by atoms with Crippen LogP contribution in [0.15, 0.2) is 30.3 Å². The van der Waals surface area contributed by atoms with E-state index in [4.69, 9.17) is 0 Å². The zero-order chi connectivity index (χ0) is 13.0. The summed E-state index contributed by atoms with van der Waals surface area (Å²) in [5.41, 5.74) is 1.31. The molecular weight excluding hydrogens is 222 g/mol. The summed E-state index contributed by atoms with van der Waals surface area (Å²) in [6.45, 7) is 4.35. The Balaban J connectivity index is 2.31. The molecule has 18 heavy (non-hydrogen) atoms. The van der Waals surface area contributed by atoms with Crippen molar-refractivity contribution >= 4 is 6.29 Å². The Morgan fingerprint density at radius 1 is 1.33 bits per heavy atom. The smallest absolute Gasteiger partial charge is 0.123 e. The number of nitrogens with one attached hydrogen (secondary N) is 1. The van der Waals surface area contributed by atoms with E-state index in [0.717, 1.165) is 32.0 Å². The highest BCUT2D eigenvalue weighted by Gasteiger charge is 2.37. The van der Waals surface area contributed by atoms with Crippen LogP contribution in [0.2, 0.25) is 0 Å². The van der Waals surface area contributed by atoms with Crippen LogP contribution in [0.25, 0.3) is 0 Å². The topological polar surface area (TPSA) is 29.1 Å². The molecule has 1 aromatic carbocycles. The lowest BCUT2D eigenvalue weighted by atomic mass is 9.72.